The van der Waals surface area contributed by atoms with Crippen LogP contribution in [0.5, 0.6) is 0 Å². The SMILES string of the molecule is Cc1cc(Cl)c2c(c1NCc1ccc(F)c(F)c1)CCNCC2. The van der Waals surface area contributed by atoms with Crippen LogP contribution in [-0.4, -0.2) is 13.1 Å². The molecule has 0 aliphatic carbocycles. The molecule has 0 saturated heterocycles. The standard InChI is InChI=1S/C18H19ClF2N2/c1-11-8-15(19)13-4-6-22-7-5-14(13)18(11)23-10-12-2-3-16(20)17(21)9-12/h2-3,8-9,22-23H,4-7,10H2,1H3. The van der Waals surface area contributed by atoms with Crippen LogP contribution in [0, 0.1) is 18.6 Å². The van der Waals surface area contributed by atoms with Gasteiger partial charge in [-0.05, 0) is 73.3 Å². The molecule has 0 amide bonds. The van der Waals surface area contributed by atoms with Gasteiger partial charge in [-0.25, -0.2) is 8.78 Å². The van der Waals surface area contributed by atoms with Gasteiger partial charge in [0, 0.05) is 17.3 Å². The fraction of sp³-hybridized carbons (Fsp3) is 0.333. The van der Waals surface area contributed by atoms with E-state index in [9.17, 15) is 8.78 Å². The average molecular weight is 337 g/mol. The lowest BCUT2D eigenvalue weighted by Gasteiger charge is -2.19. The first-order valence-corrected chi connectivity index (χ1v) is 8.13. The molecule has 1 aliphatic heterocycles. The van der Waals surface area contributed by atoms with Gasteiger partial charge in [-0.15, -0.1) is 0 Å². The minimum atomic E-state index is -0.823. The molecular weight excluding hydrogens is 318 g/mol. The van der Waals surface area contributed by atoms with Gasteiger partial charge in [0.2, 0.25) is 0 Å². The van der Waals surface area contributed by atoms with E-state index in [2.05, 4.69) is 10.6 Å². The van der Waals surface area contributed by atoms with Gasteiger partial charge in [0.15, 0.2) is 11.6 Å². The van der Waals surface area contributed by atoms with Crippen LogP contribution >= 0.6 is 11.6 Å². The summed E-state index contributed by atoms with van der Waals surface area (Å²) in [4.78, 5) is 0. The zero-order valence-corrected chi connectivity index (χ0v) is 13.7. The van der Waals surface area contributed by atoms with E-state index in [4.69, 9.17) is 11.6 Å². The van der Waals surface area contributed by atoms with Crippen molar-refractivity contribution in [3.05, 3.63) is 63.2 Å². The number of rotatable bonds is 3. The molecule has 23 heavy (non-hydrogen) atoms. The van der Waals surface area contributed by atoms with Gasteiger partial charge in [-0.1, -0.05) is 17.7 Å². The van der Waals surface area contributed by atoms with Crippen LogP contribution in [0.2, 0.25) is 5.02 Å². The molecule has 0 bridgehead atoms. The second-order valence-electron chi connectivity index (χ2n) is 5.86. The molecule has 0 radical (unpaired) electrons. The van der Waals surface area contributed by atoms with Gasteiger partial charge >= 0.3 is 0 Å². The van der Waals surface area contributed by atoms with E-state index in [0.29, 0.717) is 12.1 Å². The van der Waals surface area contributed by atoms with Crippen molar-refractivity contribution in [1.29, 1.82) is 0 Å². The highest BCUT2D eigenvalue weighted by atomic mass is 35.5. The smallest absolute Gasteiger partial charge is 0.159 e. The topological polar surface area (TPSA) is 24.1 Å². The zero-order chi connectivity index (χ0) is 16.4. The number of anilines is 1. The number of hydrogen-bond acceptors (Lipinski definition) is 2. The molecule has 122 valence electrons. The molecule has 0 atom stereocenters. The quantitative estimate of drug-likeness (QED) is 0.876. The number of benzene rings is 2. The lowest BCUT2D eigenvalue weighted by atomic mass is 9.97. The van der Waals surface area contributed by atoms with Crippen molar-refractivity contribution in [3.8, 4) is 0 Å². The first-order chi connectivity index (χ1) is 11.1. The largest absolute Gasteiger partial charge is 0.381 e. The minimum absolute atomic E-state index is 0.444. The zero-order valence-electron chi connectivity index (χ0n) is 13.0. The maximum atomic E-state index is 13.3. The van der Waals surface area contributed by atoms with Crippen LogP contribution in [0.15, 0.2) is 24.3 Å². The molecule has 5 heteroatoms. The highest BCUT2D eigenvalue weighted by molar-refractivity contribution is 6.31. The van der Waals surface area contributed by atoms with Crippen molar-refractivity contribution in [2.75, 3.05) is 18.4 Å². The highest BCUT2D eigenvalue weighted by Gasteiger charge is 2.17. The van der Waals surface area contributed by atoms with Crippen molar-refractivity contribution in [2.24, 2.45) is 0 Å². The third-order valence-corrected chi connectivity index (χ3v) is 4.59. The van der Waals surface area contributed by atoms with Crippen LogP contribution in [0.3, 0.4) is 0 Å². The summed E-state index contributed by atoms with van der Waals surface area (Å²) in [7, 11) is 0. The monoisotopic (exact) mass is 336 g/mol. The third kappa shape index (κ3) is 3.48. The molecule has 0 spiro atoms. The Balaban J connectivity index is 1.88. The van der Waals surface area contributed by atoms with E-state index >= 15 is 0 Å². The minimum Gasteiger partial charge on any atom is -0.381 e. The fourth-order valence-corrected chi connectivity index (χ4v) is 3.44. The Bertz CT molecular complexity index is 731. The van der Waals surface area contributed by atoms with Gasteiger partial charge in [-0.2, -0.15) is 0 Å². The Morgan fingerprint density at radius 1 is 1.09 bits per heavy atom. The maximum absolute atomic E-state index is 13.3. The molecule has 3 rings (SSSR count). The Morgan fingerprint density at radius 2 is 1.83 bits per heavy atom. The van der Waals surface area contributed by atoms with Crippen LogP contribution in [0.4, 0.5) is 14.5 Å². The molecule has 0 fully saturated rings. The normalized spacial score (nSPS) is 14.3. The molecular formula is C18H19ClF2N2. The Morgan fingerprint density at radius 3 is 2.57 bits per heavy atom. The van der Waals surface area contributed by atoms with Gasteiger partial charge in [0.05, 0.1) is 0 Å². The first kappa shape index (κ1) is 16.2. The highest BCUT2D eigenvalue weighted by Crippen LogP contribution is 2.32. The van der Waals surface area contributed by atoms with Gasteiger partial charge in [0.25, 0.3) is 0 Å². The summed E-state index contributed by atoms with van der Waals surface area (Å²) in [6, 6.07) is 5.95. The Kier molecular flexibility index (Phi) is 4.83. The molecule has 2 nitrogen and oxygen atoms in total. The summed E-state index contributed by atoms with van der Waals surface area (Å²) in [5.41, 5.74) is 5.23. The van der Waals surface area contributed by atoms with E-state index in [0.717, 1.165) is 48.3 Å². The van der Waals surface area contributed by atoms with E-state index in [1.54, 1.807) is 6.07 Å². The van der Waals surface area contributed by atoms with Crippen molar-refractivity contribution < 1.29 is 8.78 Å². The van der Waals surface area contributed by atoms with E-state index in [1.807, 2.05) is 13.0 Å². The fourth-order valence-electron chi connectivity index (χ4n) is 3.07. The molecule has 1 heterocycles. The van der Waals surface area contributed by atoms with Crippen LogP contribution < -0.4 is 10.6 Å². The molecule has 1 aliphatic rings. The second-order valence-corrected chi connectivity index (χ2v) is 6.27. The van der Waals surface area contributed by atoms with Gasteiger partial charge in [0.1, 0.15) is 0 Å². The predicted octanol–water partition coefficient (Wildman–Crippen LogP) is 4.23. The summed E-state index contributed by atoms with van der Waals surface area (Å²) >= 11 is 6.40. The predicted molar refractivity (Wildman–Crippen MR) is 90.2 cm³/mol. The van der Waals surface area contributed by atoms with Crippen LogP contribution in [0.25, 0.3) is 0 Å². The van der Waals surface area contributed by atoms with Crippen LogP contribution in [-0.2, 0) is 19.4 Å². The summed E-state index contributed by atoms with van der Waals surface area (Å²) < 4.78 is 26.4. The van der Waals surface area contributed by atoms with Crippen molar-refractivity contribution >= 4 is 17.3 Å². The number of nitrogens with one attached hydrogen (secondary N) is 2. The Hall–Kier alpha value is -1.65. The van der Waals surface area contributed by atoms with Gasteiger partial charge in [-0.3, -0.25) is 0 Å². The number of halogens is 3. The lowest BCUT2D eigenvalue weighted by Crippen LogP contribution is -2.16. The molecule has 0 aromatic heterocycles. The van der Waals surface area contributed by atoms with Crippen LogP contribution in [0.1, 0.15) is 22.3 Å². The van der Waals surface area contributed by atoms with E-state index < -0.39 is 11.6 Å². The molecule has 2 aromatic rings. The average Bonchev–Trinajstić information content (AvgIpc) is 2.76. The lowest BCUT2D eigenvalue weighted by molar-refractivity contribution is 0.507. The summed E-state index contributed by atoms with van der Waals surface area (Å²) in [6.45, 7) is 4.28. The Labute approximate surface area is 139 Å². The van der Waals surface area contributed by atoms with Gasteiger partial charge < -0.3 is 10.6 Å². The van der Waals surface area contributed by atoms with E-state index in [-0.39, 0.29) is 0 Å². The van der Waals surface area contributed by atoms with Crippen molar-refractivity contribution in [2.45, 2.75) is 26.3 Å². The van der Waals surface area contributed by atoms with Crippen molar-refractivity contribution in [1.82, 2.24) is 5.32 Å². The molecule has 0 saturated carbocycles. The molecule has 2 N–H and O–H groups in total. The van der Waals surface area contributed by atoms with Crippen molar-refractivity contribution in [3.63, 3.8) is 0 Å². The van der Waals surface area contributed by atoms with E-state index in [1.165, 1.54) is 17.2 Å². The third-order valence-electron chi connectivity index (χ3n) is 4.25. The molecule has 2 aromatic carbocycles. The molecule has 0 unspecified atom stereocenters. The number of hydrogen-bond donors (Lipinski definition) is 2. The number of aryl methyl sites for hydroxylation is 1. The summed E-state index contributed by atoms with van der Waals surface area (Å²) in [5.74, 6) is -1.64. The second kappa shape index (κ2) is 6.85. The number of fused-ring (bicyclic) bond motifs is 1. The summed E-state index contributed by atoms with van der Waals surface area (Å²) in [5, 5.41) is 7.57. The first-order valence-electron chi connectivity index (χ1n) is 7.75. The summed E-state index contributed by atoms with van der Waals surface area (Å²) in [6.07, 6.45) is 1.80. The maximum Gasteiger partial charge on any atom is 0.159 e.